The van der Waals surface area contributed by atoms with E-state index in [4.69, 9.17) is 0 Å². The molecule has 0 saturated carbocycles. The predicted octanol–water partition coefficient (Wildman–Crippen LogP) is 1.73. The van der Waals surface area contributed by atoms with Gasteiger partial charge in [0.15, 0.2) is 0 Å². The Morgan fingerprint density at radius 2 is 1.94 bits per heavy atom. The SMILES string of the molecule is CS(=O)(=O)CCCC1(O)CCc2ccccc2C1. The summed E-state index contributed by atoms with van der Waals surface area (Å²) in [7, 11) is -2.92. The lowest BCUT2D eigenvalue weighted by Gasteiger charge is -2.33. The fraction of sp³-hybridized carbons (Fsp3) is 0.571. The number of sulfone groups is 1. The van der Waals surface area contributed by atoms with Gasteiger partial charge < -0.3 is 5.11 Å². The molecule has 0 amide bonds. The van der Waals surface area contributed by atoms with Crippen molar-refractivity contribution in [2.45, 2.75) is 37.7 Å². The summed E-state index contributed by atoms with van der Waals surface area (Å²) in [4.78, 5) is 0. The fourth-order valence-electron chi connectivity index (χ4n) is 2.66. The maximum absolute atomic E-state index is 11.1. The van der Waals surface area contributed by atoms with Crippen LogP contribution >= 0.6 is 0 Å². The average molecular weight is 268 g/mol. The summed E-state index contributed by atoms with van der Waals surface area (Å²) in [5.74, 6) is 0.164. The van der Waals surface area contributed by atoms with Crippen LogP contribution in [0.4, 0.5) is 0 Å². The molecule has 0 aromatic heterocycles. The molecule has 0 heterocycles. The molecule has 3 nitrogen and oxygen atoms in total. The minimum absolute atomic E-state index is 0.164. The molecule has 0 spiro atoms. The van der Waals surface area contributed by atoms with Crippen LogP contribution in [-0.2, 0) is 22.7 Å². The molecule has 0 aliphatic heterocycles. The number of rotatable bonds is 4. The van der Waals surface area contributed by atoms with Crippen LogP contribution < -0.4 is 0 Å². The maximum Gasteiger partial charge on any atom is 0.147 e. The largest absolute Gasteiger partial charge is 0.390 e. The summed E-state index contributed by atoms with van der Waals surface area (Å²) >= 11 is 0. The number of fused-ring (bicyclic) bond motifs is 1. The Morgan fingerprint density at radius 1 is 1.28 bits per heavy atom. The van der Waals surface area contributed by atoms with Crippen molar-refractivity contribution in [3.8, 4) is 0 Å². The molecule has 1 unspecified atom stereocenters. The average Bonchev–Trinajstić information content (AvgIpc) is 2.27. The van der Waals surface area contributed by atoms with E-state index in [9.17, 15) is 13.5 Å². The van der Waals surface area contributed by atoms with Gasteiger partial charge in [-0.3, -0.25) is 0 Å². The van der Waals surface area contributed by atoms with Crippen molar-refractivity contribution in [2.24, 2.45) is 0 Å². The molecule has 1 N–H and O–H groups in total. The van der Waals surface area contributed by atoms with Gasteiger partial charge in [-0.25, -0.2) is 8.42 Å². The van der Waals surface area contributed by atoms with Crippen molar-refractivity contribution < 1.29 is 13.5 Å². The molecule has 1 aromatic carbocycles. The van der Waals surface area contributed by atoms with Crippen LogP contribution in [0.5, 0.6) is 0 Å². The Hall–Kier alpha value is -0.870. The number of benzene rings is 1. The van der Waals surface area contributed by atoms with E-state index in [-0.39, 0.29) is 5.75 Å². The number of hydrogen-bond acceptors (Lipinski definition) is 3. The molecular formula is C14H20O3S. The standard InChI is InChI=1S/C14H20O3S/c1-18(16,17)10-4-8-14(15)9-7-12-5-2-3-6-13(12)11-14/h2-3,5-6,15H,4,7-11H2,1H3. The van der Waals surface area contributed by atoms with E-state index >= 15 is 0 Å². The van der Waals surface area contributed by atoms with Crippen LogP contribution in [0.3, 0.4) is 0 Å². The Morgan fingerprint density at radius 3 is 2.61 bits per heavy atom. The number of hydrogen-bond donors (Lipinski definition) is 1. The van der Waals surface area contributed by atoms with Gasteiger partial charge in [0, 0.05) is 18.4 Å². The normalized spacial score (nSPS) is 23.7. The molecule has 4 heteroatoms. The molecule has 1 aliphatic carbocycles. The van der Waals surface area contributed by atoms with E-state index in [0.717, 1.165) is 12.8 Å². The molecule has 2 rings (SSSR count). The van der Waals surface area contributed by atoms with E-state index in [1.165, 1.54) is 17.4 Å². The van der Waals surface area contributed by atoms with E-state index in [1.807, 2.05) is 12.1 Å². The van der Waals surface area contributed by atoms with Crippen LogP contribution in [0.2, 0.25) is 0 Å². The molecule has 0 saturated heterocycles. The molecule has 0 fully saturated rings. The summed E-state index contributed by atoms with van der Waals surface area (Å²) < 4.78 is 22.2. The Bertz CT molecular complexity index is 522. The molecule has 18 heavy (non-hydrogen) atoms. The summed E-state index contributed by atoms with van der Waals surface area (Å²) in [5, 5.41) is 10.5. The highest BCUT2D eigenvalue weighted by Gasteiger charge is 2.31. The quantitative estimate of drug-likeness (QED) is 0.905. The van der Waals surface area contributed by atoms with Gasteiger partial charge in [-0.1, -0.05) is 24.3 Å². The zero-order chi connectivity index (χ0) is 13.2. The molecule has 1 aromatic rings. The summed E-state index contributed by atoms with van der Waals surface area (Å²) in [6.45, 7) is 0. The van der Waals surface area contributed by atoms with Gasteiger partial charge in [0.2, 0.25) is 0 Å². The van der Waals surface area contributed by atoms with Crippen molar-refractivity contribution in [1.29, 1.82) is 0 Å². The van der Waals surface area contributed by atoms with Crippen LogP contribution in [0.1, 0.15) is 30.4 Å². The summed E-state index contributed by atoms with van der Waals surface area (Å²) in [6, 6.07) is 8.16. The van der Waals surface area contributed by atoms with Crippen LogP contribution in [0, 0.1) is 0 Å². The van der Waals surface area contributed by atoms with Gasteiger partial charge >= 0.3 is 0 Å². The zero-order valence-corrected chi connectivity index (χ0v) is 11.5. The molecule has 0 bridgehead atoms. The first-order chi connectivity index (χ1) is 8.38. The van der Waals surface area contributed by atoms with Crippen molar-refractivity contribution in [3.63, 3.8) is 0 Å². The lowest BCUT2D eigenvalue weighted by atomic mass is 9.78. The molecule has 1 atom stereocenters. The fourth-order valence-corrected chi connectivity index (χ4v) is 3.33. The van der Waals surface area contributed by atoms with Gasteiger partial charge in [0.05, 0.1) is 5.60 Å². The molecule has 100 valence electrons. The predicted molar refractivity (Wildman–Crippen MR) is 72.4 cm³/mol. The molecular weight excluding hydrogens is 248 g/mol. The second-order valence-corrected chi connectivity index (χ2v) is 7.66. The van der Waals surface area contributed by atoms with Crippen molar-refractivity contribution in [3.05, 3.63) is 35.4 Å². The van der Waals surface area contributed by atoms with E-state index < -0.39 is 15.4 Å². The first-order valence-electron chi connectivity index (χ1n) is 6.35. The summed E-state index contributed by atoms with van der Waals surface area (Å²) in [5.41, 5.74) is 1.79. The summed E-state index contributed by atoms with van der Waals surface area (Å²) in [6.07, 6.45) is 4.60. The highest BCUT2D eigenvalue weighted by molar-refractivity contribution is 7.90. The van der Waals surface area contributed by atoms with Gasteiger partial charge in [-0.15, -0.1) is 0 Å². The Labute approximate surface area is 109 Å². The number of aryl methyl sites for hydroxylation is 1. The first kappa shape index (κ1) is 13.6. The lowest BCUT2D eigenvalue weighted by Crippen LogP contribution is -2.36. The van der Waals surface area contributed by atoms with Crippen LogP contribution in [-0.4, -0.2) is 31.1 Å². The Kier molecular flexibility index (Phi) is 3.78. The third kappa shape index (κ3) is 3.56. The minimum atomic E-state index is -2.92. The van der Waals surface area contributed by atoms with Gasteiger partial charge in [-0.2, -0.15) is 0 Å². The molecule has 0 radical (unpaired) electrons. The third-order valence-corrected chi connectivity index (χ3v) is 4.69. The van der Waals surface area contributed by atoms with E-state index in [1.54, 1.807) is 0 Å². The minimum Gasteiger partial charge on any atom is -0.390 e. The molecule has 1 aliphatic rings. The highest BCUT2D eigenvalue weighted by atomic mass is 32.2. The van der Waals surface area contributed by atoms with Crippen molar-refractivity contribution >= 4 is 9.84 Å². The van der Waals surface area contributed by atoms with Gasteiger partial charge in [0.25, 0.3) is 0 Å². The van der Waals surface area contributed by atoms with E-state index in [2.05, 4.69) is 12.1 Å². The van der Waals surface area contributed by atoms with Gasteiger partial charge in [-0.05, 0) is 36.8 Å². The van der Waals surface area contributed by atoms with Crippen LogP contribution in [0.25, 0.3) is 0 Å². The topological polar surface area (TPSA) is 54.4 Å². The highest BCUT2D eigenvalue weighted by Crippen LogP contribution is 2.31. The van der Waals surface area contributed by atoms with Gasteiger partial charge in [0.1, 0.15) is 9.84 Å². The van der Waals surface area contributed by atoms with Crippen molar-refractivity contribution in [2.75, 3.05) is 12.0 Å². The zero-order valence-electron chi connectivity index (χ0n) is 10.7. The van der Waals surface area contributed by atoms with E-state index in [0.29, 0.717) is 19.3 Å². The maximum atomic E-state index is 11.1. The third-order valence-electron chi connectivity index (χ3n) is 3.65. The Balaban J connectivity index is 1.98. The lowest BCUT2D eigenvalue weighted by molar-refractivity contribution is 0.0174. The first-order valence-corrected chi connectivity index (χ1v) is 8.41. The smallest absolute Gasteiger partial charge is 0.147 e. The van der Waals surface area contributed by atoms with Crippen molar-refractivity contribution in [1.82, 2.24) is 0 Å². The van der Waals surface area contributed by atoms with Crippen LogP contribution in [0.15, 0.2) is 24.3 Å². The second kappa shape index (κ2) is 5.02. The second-order valence-electron chi connectivity index (χ2n) is 5.40. The monoisotopic (exact) mass is 268 g/mol. The number of aliphatic hydroxyl groups is 1.